The number of hydrogen-bond acceptors (Lipinski definition) is 5. The van der Waals surface area contributed by atoms with Crippen LogP contribution in [0.1, 0.15) is 39.4 Å². The molecular weight excluding hydrogens is 272 g/mol. The number of hydrogen-bond donors (Lipinski definition) is 3. The molecule has 21 heavy (non-hydrogen) atoms. The SMILES string of the molecule is CCNC(=O)NC(=O)C(C)n1cc(CNCC(C)C)nn1. The van der Waals surface area contributed by atoms with Gasteiger partial charge < -0.3 is 10.6 Å². The lowest BCUT2D eigenvalue weighted by Gasteiger charge is -2.11. The minimum atomic E-state index is -0.598. The second-order valence-corrected chi connectivity index (χ2v) is 5.24. The summed E-state index contributed by atoms with van der Waals surface area (Å²) in [6.07, 6.45) is 1.70. The maximum absolute atomic E-state index is 11.9. The first-order chi connectivity index (χ1) is 9.93. The van der Waals surface area contributed by atoms with Crippen LogP contribution in [-0.4, -0.2) is 40.0 Å². The van der Waals surface area contributed by atoms with Crippen molar-refractivity contribution < 1.29 is 9.59 Å². The van der Waals surface area contributed by atoms with Crippen molar-refractivity contribution in [1.82, 2.24) is 30.9 Å². The lowest BCUT2D eigenvalue weighted by molar-refractivity contribution is -0.123. The van der Waals surface area contributed by atoms with Crippen LogP contribution in [-0.2, 0) is 11.3 Å². The Bertz CT molecular complexity index is 471. The molecule has 1 aromatic rings. The zero-order valence-corrected chi connectivity index (χ0v) is 13.0. The maximum atomic E-state index is 11.9. The van der Waals surface area contributed by atoms with E-state index in [4.69, 9.17) is 0 Å². The monoisotopic (exact) mass is 296 g/mol. The number of aromatic nitrogens is 3. The number of imide groups is 1. The average molecular weight is 296 g/mol. The Balaban J connectivity index is 2.50. The van der Waals surface area contributed by atoms with Gasteiger partial charge >= 0.3 is 6.03 Å². The Labute approximate surface area is 124 Å². The van der Waals surface area contributed by atoms with Gasteiger partial charge in [0, 0.05) is 13.1 Å². The predicted molar refractivity (Wildman–Crippen MR) is 78.5 cm³/mol. The lowest BCUT2D eigenvalue weighted by atomic mass is 10.2. The molecule has 0 saturated heterocycles. The molecule has 118 valence electrons. The van der Waals surface area contributed by atoms with Gasteiger partial charge in [-0.05, 0) is 26.3 Å². The molecule has 1 rings (SSSR count). The Hall–Kier alpha value is -1.96. The molecule has 1 heterocycles. The summed E-state index contributed by atoms with van der Waals surface area (Å²) in [6.45, 7) is 9.64. The summed E-state index contributed by atoms with van der Waals surface area (Å²) in [4.78, 5) is 23.2. The van der Waals surface area contributed by atoms with Crippen LogP contribution in [0.3, 0.4) is 0 Å². The Morgan fingerprint density at radius 1 is 1.33 bits per heavy atom. The highest BCUT2D eigenvalue weighted by Gasteiger charge is 2.18. The van der Waals surface area contributed by atoms with Crippen LogP contribution >= 0.6 is 0 Å². The fraction of sp³-hybridized carbons (Fsp3) is 0.692. The third kappa shape index (κ3) is 5.90. The molecule has 0 fully saturated rings. The van der Waals surface area contributed by atoms with Crippen LogP contribution < -0.4 is 16.0 Å². The molecule has 0 bridgehead atoms. The van der Waals surface area contributed by atoms with Gasteiger partial charge in [-0.15, -0.1) is 5.10 Å². The largest absolute Gasteiger partial charge is 0.338 e. The zero-order chi connectivity index (χ0) is 15.8. The molecule has 1 atom stereocenters. The molecule has 0 aromatic carbocycles. The van der Waals surface area contributed by atoms with Gasteiger partial charge in [-0.1, -0.05) is 19.1 Å². The van der Waals surface area contributed by atoms with Crippen molar-refractivity contribution in [3.63, 3.8) is 0 Å². The number of carbonyl (C=O) groups excluding carboxylic acids is 2. The molecule has 0 aliphatic heterocycles. The summed E-state index contributed by atoms with van der Waals surface area (Å²) < 4.78 is 1.45. The van der Waals surface area contributed by atoms with Crippen LogP contribution in [0.15, 0.2) is 6.20 Å². The standard InChI is InChI=1S/C13H24N6O2/c1-5-15-13(21)16-12(20)10(4)19-8-11(17-18-19)7-14-6-9(2)3/h8-10,14H,5-7H2,1-4H3,(H2,15,16,20,21). The van der Waals surface area contributed by atoms with Crippen LogP contribution in [0.2, 0.25) is 0 Å². The molecule has 0 spiro atoms. The molecule has 0 radical (unpaired) electrons. The quantitative estimate of drug-likeness (QED) is 0.677. The lowest BCUT2D eigenvalue weighted by Crippen LogP contribution is -2.42. The highest BCUT2D eigenvalue weighted by atomic mass is 16.2. The summed E-state index contributed by atoms with van der Waals surface area (Å²) >= 11 is 0. The third-order valence-electron chi connectivity index (χ3n) is 2.77. The molecule has 1 unspecified atom stereocenters. The maximum Gasteiger partial charge on any atom is 0.321 e. The first-order valence-electron chi connectivity index (χ1n) is 7.14. The van der Waals surface area contributed by atoms with Crippen molar-refractivity contribution in [3.8, 4) is 0 Å². The average Bonchev–Trinajstić information content (AvgIpc) is 2.86. The molecule has 3 N–H and O–H groups in total. The number of urea groups is 1. The van der Waals surface area contributed by atoms with Crippen LogP contribution in [0.5, 0.6) is 0 Å². The van der Waals surface area contributed by atoms with Crippen molar-refractivity contribution in [2.45, 2.75) is 40.3 Å². The number of carbonyl (C=O) groups is 2. The van der Waals surface area contributed by atoms with Gasteiger partial charge in [0.05, 0.1) is 11.9 Å². The highest BCUT2D eigenvalue weighted by molar-refractivity contribution is 5.95. The van der Waals surface area contributed by atoms with Crippen LogP contribution in [0.25, 0.3) is 0 Å². The van der Waals surface area contributed by atoms with Crippen LogP contribution in [0.4, 0.5) is 4.79 Å². The van der Waals surface area contributed by atoms with Crippen LogP contribution in [0, 0.1) is 5.92 Å². The molecular formula is C13H24N6O2. The van der Waals surface area contributed by atoms with Gasteiger partial charge in [0.25, 0.3) is 5.91 Å². The molecule has 3 amide bonds. The van der Waals surface area contributed by atoms with Crippen molar-refractivity contribution in [2.24, 2.45) is 5.92 Å². The van der Waals surface area contributed by atoms with Crippen molar-refractivity contribution >= 4 is 11.9 Å². The first kappa shape index (κ1) is 17.1. The van der Waals surface area contributed by atoms with E-state index in [1.165, 1.54) is 4.68 Å². The molecule has 0 saturated carbocycles. The highest BCUT2D eigenvalue weighted by Crippen LogP contribution is 2.04. The molecule has 0 aliphatic carbocycles. The van der Waals surface area contributed by atoms with Gasteiger partial charge in [0.2, 0.25) is 0 Å². The number of rotatable bonds is 7. The predicted octanol–water partition coefficient (Wildman–Crippen LogP) is 0.430. The second kappa shape index (κ2) is 8.35. The minimum Gasteiger partial charge on any atom is -0.338 e. The normalized spacial score (nSPS) is 12.2. The summed E-state index contributed by atoms with van der Waals surface area (Å²) in [7, 11) is 0. The minimum absolute atomic E-state index is 0.424. The van der Waals surface area contributed by atoms with Crippen molar-refractivity contribution in [2.75, 3.05) is 13.1 Å². The number of nitrogens with zero attached hydrogens (tertiary/aromatic N) is 3. The summed E-state index contributed by atoms with van der Waals surface area (Å²) in [6, 6.07) is -1.10. The fourth-order valence-electron chi connectivity index (χ4n) is 1.61. The first-order valence-corrected chi connectivity index (χ1v) is 7.14. The topological polar surface area (TPSA) is 101 Å². The second-order valence-electron chi connectivity index (χ2n) is 5.24. The molecule has 0 aliphatic rings. The zero-order valence-electron chi connectivity index (χ0n) is 13.0. The third-order valence-corrected chi connectivity index (χ3v) is 2.77. The van der Waals surface area contributed by atoms with E-state index in [2.05, 4.69) is 40.1 Å². The van der Waals surface area contributed by atoms with E-state index in [9.17, 15) is 9.59 Å². The molecule has 8 heteroatoms. The van der Waals surface area contributed by atoms with Gasteiger partial charge in [0.1, 0.15) is 6.04 Å². The summed E-state index contributed by atoms with van der Waals surface area (Å²) in [5, 5.41) is 15.9. The summed E-state index contributed by atoms with van der Waals surface area (Å²) in [5.74, 6) is 0.134. The smallest absolute Gasteiger partial charge is 0.321 e. The Morgan fingerprint density at radius 3 is 2.67 bits per heavy atom. The fourth-order valence-corrected chi connectivity index (χ4v) is 1.61. The van der Waals surface area contributed by atoms with Gasteiger partial charge in [-0.3, -0.25) is 10.1 Å². The van der Waals surface area contributed by atoms with E-state index in [0.29, 0.717) is 19.0 Å². The van der Waals surface area contributed by atoms with Crippen molar-refractivity contribution in [3.05, 3.63) is 11.9 Å². The van der Waals surface area contributed by atoms with E-state index >= 15 is 0 Å². The van der Waals surface area contributed by atoms with Gasteiger partial charge in [0.15, 0.2) is 0 Å². The van der Waals surface area contributed by atoms with E-state index in [-0.39, 0.29) is 0 Å². The van der Waals surface area contributed by atoms with E-state index in [1.807, 2.05) is 0 Å². The number of nitrogens with one attached hydrogen (secondary N) is 3. The van der Waals surface area contributed by atoms with E-state index in [0.717, 1.165) is 12.2 Å². The molecule has 1 aromatic heterocycles. The Morgan fingerprint density at radius 2 is 2.05 bits per heavy atom. The number of amides is 3. The molecule has 8 nitrogen and oxygen atoms in total. The van der Waals surface area contributed by atoms with Gasteiger partial charge in [-0.2, -0.15) is 0 Å². The van der Waals surface area contributed by atoms with Gasteiger partial charge in [-0.25, -0.2) is 9.48 Å². The van der Waals surface area contributed by atoms with Crippen molar-refractivity contribution in [1.29, 1.82) is 0 Å². The Kier molecular flexibility index (Phi) is 6.80. The van der Waals surface area contributed by atoms with E-state index in [1.54, 1.807) is 20.0 Å². The van der Waals surface area contributed by atoms with E-state index < -0.39 is 18.0 Å². The summed E-state index contributed by atoms with van der Waals surface area (Å²) in [5.41, 5.74) is 0.758.